The van der Waals surface area contributed by atoms with Gasteiger partial charge in [-0.3, -0.25) is 14.4 Å². The van der Waals surface area contributed by atoms with E-state index in [4.69, 9.17) is 15.6 Å². The topological polar surface area (TPSA) is 144 Å². The van der Waals surface area contributed by atoms with Gasteiger partial charge in [0.05, 0.1) is 25.0 Å². The molecule has 5 N–H and O–H groups in total. The Kier molecular flexibility index (Phi) is 11.8. The first-order valence-electron chi connectivity index (χ1n) is 11.1. The molecule has 1 amide bonds. The molecule has 1 atom stereocenters. The number of thiazole rings is 1. The predicted octanol–water partition coefficient (Wildman–Crippen LogP) is 3.61. The van der Waals surface area contributed by atoms with Crippen LogP contribution in [0.1, 0.15) is 35.8 Å². The third kappa shape index (κ3) is 10.0. The molecule has 9 nitrogen and oxygen atoms in total. The Morgan fingerprint density at radius 2 is 1.78 bits per heavy atom. The number of aromatic nitrogens is 1. The van der Waals surface area contributed by atoms with E-state index in [0.29, 0.717) is 29.6 Å². The number of halogens is 1. The minimum Gasteiger partial charge on any atom is -0.481 e. The van der Waals surface area contributed by atoms with E-state index in [1.165, 1.54) is 11.3 Å². The number of nitrogen functional groups attached to an aromatic ring is 1. The van der Waals surface area contributed by atoms with E-state index < -0.39 is 18.0 Å². The lowest BCUT2D eigenvalue weighted by Gasteiger charge is -2.19. The SMILES string of the molecule is Cl.Nc1nc(CC(=O)Nc2ccc(CCNCC(OC(=O)CCC(=O)O)c3ccccc3)cc2)cs1. The summed E-state index contributed by atoms with van der Waals surface area (Å²) in [5.74, 6) is -1.74. The number of carbonyl (C=O) groups is 3. The van der Waals surface area contributed by atoms with Crippen LogP contribution in [-0.2, 0) is 32.0 Å². The number of carboxylic acid groups (broad SMARTS) is 1. The molecule has 1 unspecified atom stereocenters. The number of carbonyl (C=O) groups excluding carboxylic acids is 2. The first-order chi connectivity index (χ1) is 16.9. The smallest absolute Gasteiger partial charge is 0.307 e. The molecule has 0 aliphatic carbocycles. The van der Waals surface area contributed by atoms with Crippen molar-refractivity contribution in [1.82, 2.24) is 10.3 Å². The summed E-state index contributed by atoms with van der Waals surface area (Å²) in [5.41, 5.74) is 8.86. The fourth-order valence-corrected chi connectivity index (χ4v) is 3.88. The zero-order valence-electron chi connectivity index (χ0n) is 19.5. The summed E-state index contributed by atoms with van der Waals surface area (Å²) in [6.07, 6.45) is -0.0321. The van der Waals surface area contributed by atoms with E-state index in [1.54, 1.807) is 5.38 Å². The third-order valence-corrected chi connectivity index (χ3v) is 5.78. The maximum atomic E-state index is 12.2. The molecule has 0 radical (unpaired) electrons. The maximum Gasteiger partial charge on any atom is 0.307 e. The highest BCUT2D eigenvalue weighted by atomic mass is 35.5. The summed E-state index contributed by atoms with van der Waals surface area (Å²) in [4.78, 5) is 39.0. The van der Waals surface area contributed by atoms with Crippen molar-refractivity contribution in [2.75, 3.05) is 24.1 Å². The van der Waals surface area contributed by atoms with Gasteiger partial charge in [0.25, 0.3) is 0 Å². The van der Waals surface area contributed by atoms with Crippen molar-refractivity contribution in [3.05, 3.63) is 76.8 Å². The fourth-order valence-electron chi connectivity index (χ4n) is 3.32. The van der Waals surface area contributed by atoms with E-state index in [9.17, 15) is 14.4 Å². The Morgan fingerprint density at radius 1 is 1.06 bits per heavy atom. The Bertz CT molecular complexity index is 1120. The molecule has 3 aromatic rings. The molecule has 36 heavy (non-hydrogen) atoms. The lowest BCUT2D eigenvalue weighted by Crippen LogP contribution is -2.27. The highest BCUT2D eigenvalue weighted by Gasteiger charge is 2.17. The standard InChI is InChI=1S/C25H28N4O5S.ClH/c26-25-29-20(16-35-25)14-22(30)28-19-8-6-17(7-9-19)12-13-27-15-21(18-4-2-1-3-5-18)34-24(33)11-10-23(31)32;/h1-9,16,21,27H,10-15H2,(H2,26,29)(H,28,30)(H,31,32);1H. The molecule has 3 rings (SSSR count). The van der Waals surface area contributed by atoms with Gasteiger partial charge < -0.3 is 26.2 Å². The number of anilines is 2. The van der Waals surface area contributed by atoms with Gasteiger partial charge in [0.1, 0.15) is 6.10 Å². The second-order valence-electron chi connectivity index (χ2n) is 7.84. The number of benzene rings is 2. The van der Waals surface area contributed by atoms with Crippen LogP contribution in [0.4, 0.5) is 10.8 Å². The van der Waals surface area contributed by atoms with Gasteiger partial charge in [-0.05, 0) is 36.2 Å². The minimum absolute atomic E-state index is 0. The summed E-state index contributed by atoms with van der Waals surface area (Å²) < 4.78 is 5.52. The molecule has 192 valence electrons. The van der Waals surface area contributed by atoms with Crippen LogP contribution in [0.2, 0.25) is 0 Å². The maximum absolute atomic E-state index is 12.2. The molecule has 2 aromatic carbocycles. The Labute approximate surface area is 219 Å². The average Bonchev–Trinajstić information content (AvgIpc) is 3.25. The first kappa shape index (κ1) is 28.8. The minimum atomic E-state index is -1.04. The van der Waals surface area contributed by atoms with Gasteiger partial charge in [-0.15, -0.1) is 23.7 Å². The molecule has 1 heterocycles. The molecule has 0 bridgehead atoms. The van der Waals surface area contributed by atoms with Crippen molar-refractivity contribution >= 4 is 52.4 Å². The lowest BCUT2D eigenvalue weighted by molar-refractivity contribution is -0.152. The predicted molar refractivity (Wildman–Crippen MR) is 141 cm³/mol. The fraction of sp³-hybridized carbons (Fsp3) is 0.280. The van der Waals surface area contributed by atoms with Crippen molar-refractivity contribution in [1.29, 1.82) is 0 Å². The Morgan fingerprint density at radius 3 is 2.42 bits per heavy atom. The highest BCUT2D eigenvalue weighted by molar-refractivity contribution is 7.13. The van der Waals surface area contributed by atoms with Crippen molar-refractivity contribution < 1.29 is 24.2 Å². The molecule has 1 aromatic heterocycles. The van der Waals surface area contributed by atoms with Crippen molar-refractivity contribution in [2.24, 2.45) is 0 Å². The normalized spacial score (nSPS) is 11.2. The largest absolute Gasteiger partial charge is 0.481 e. The second-order valence-corrected chi connectivity index (χ2v) is 8.73. The summed E-state index contributed by atoms with van der Waals surface area (Å²) in [6, 6.07) is 16.9. The number of rotatable bonds is 13. The van der Waals surface area contributed by atoms with Crippen LogP contribution in [-0.4, -0.2) is 41.0 Å². The Hall–Kier alpha value is -3.47. The van der Waals surface area contributed by atoms with E-state index >= 15 is 0 Å². The van der Waals surface area contributed by atoms with Crippen molar-refractivity contribution in [3.8, 4) is 0 Å². The van der Waals surface area contributed by atoms with Crippen LogP contribution in [0.5, 0.6) is 0 Å². The third-order valence-electron chi connectivity index (χ3n) is 5.06. The Balaban J connectivity index is 0.00000456. The summed E-state index contributed by atoms with van der Waals surface area (Å²) >= 11 is 1.31. The van der Waals surface area contributed by atoms with Gasteiger partial charge in [-0.25, -0.2) is 4.98 Å². The number of hydrogen-bond donors (Lipinski definition) is 4. The zero-order chi connectivity index (χ0) is 25.0. The van der Waals surface area contributed by atoms with Crippen molar-refractivity contribution in [3.63, 3.8) is 0 Å². The molecular weight excluding hydrogens is 504 g/mol. The monoisotopic (exact) mass is 532 g/mol. The van der Waals surface area contributed by atoms with Gasteiger partial charge in [0, 0.05) is 17.6 Å². The van der Waals surface area contributed by atoms with Gasteiger partial charge in [0.15, 0.2) is 5.13 Å². The number of amides is 1. The number of carboxylic acids is 1. The van der Waals surface area contributed by atoms with E-state index in [1.807, 2.05) is 54.6 Å². The zero-order valence-corrected chi connectivity index (χ0v) is 21.1. The molecular formula is C25H29ClN4O5S. The van der Waals surface area contributed by atoms with Crippen LogP contribution < -0.4 is 16.4 Å². The van der Waals surface area contributed by atoms with Crippen LogP contribution in [0.15, 0.2) is 60.0 Å². The molecule has 0 fully saturated rings. The van der Waals surface area contributed by atoms with Crippen LogP contribution in [0.3, 0.4) is 0 Å². The average molecular weight is 533 g/mol. The molecule has 0 spiro atoms. The van der Waals surface area contributed by atoms with E-state index in [0.717, 1.165) is 17.5 Å². The lowest BCUT2D eigenvalue weighted by atomic mass is 10.1. The number of nitrogens with two attached hydrogens (primary N) is 1. The number of aliphatic carboxylic acids is 1. The van der Waals surface area contributed by atoms with Gasteiger partial charge in [-0.2, -0.15) is 0 Å². The second kappa shape index (κ2) is 14.8. The van der Waals surface area contributed by atoms with Gasteiger partial charge in [0.2, 0.25) is 5.91 Å². The van der Waals surface area contributed by atoms with E-state index in [-0.39, 0.29) is 37.6 Å². The summed E-state index contributed by atoms with van der Waals surface area (Å²) in [7, 11) is 0. The molecule has 0 aliphatic heterocycles. The number of ether oxygens (including phenoxy) is 1. The van der Waals surface area contributed by atoms with Gasteiger partial charge >= 0.3 is 11.9 Å². The molecule has 0 aliphatic rings. The van der Waals surface area contributed by atoms with Gasteiger partial charge in [-0.1, -0.05) is 42.5 Å². The van der Waals surface area contributed by atoms with Crippen molar-refractivity contribution in [2.45, 2.75) is 31.8 Å². The van der Waals surface area contributed by atoms with E-state index in [2.05, 4.69) is 15.6 Å². The molecule has 0 saturated heterocycles. The number of hydrogen-bond acceptors (Lipinski definition) is 8. The molecule has 0 saturated carbocycles. The van der Waals surface area contributed by atoms with Crippen LogP contribution in [0, 0.1) is 0 Å². The van der Waals surface area contributed by atoms with Crippen LogP contribution in [0.25, 0.3) is 0 Å². The number of nitrogens with zero attached hydrogens (tertiary/aromatic N) is 1. The first-order valence-corrected chi connectivity index (χ1v) is 12.0. The number of nitrogens with one attached hydrogen (secondary N) is 2. The van der Waals surface area contributed by atoms with Crippen LogP contribution >= 0.6 is 23.7 Å². The quantitative estimate of drug-likeness (QED) is 0.193. The number of esters is 1. The summed E-state index contributed by atoms with van der Waals surface area (Å²) in [5, 5.41) is 17.1. The highest BCUT2D eigenvalue weighted by Crippen LogP contribution is 2.18. The summed E-state index contributed by atoms with van der Waals surface area (Å²) in [6.45, 7) is 1.05. The molecule has 11 heteroatoms.